The molecule has 1 aromatic carbocycles. The minimum Gasteiger partial charge on any atom is -0.385 e. The number of halogens is 2. The maximum absolute atomic E-state index is 13.2. The summed E-state index contributed by atoms with van der Waals surface area (Å²) in [4.78, 5) is 14.2. The van der Waals surface area contributed by atoms with E-state index < -0.39 is 11.6 Å². The van der Waals surface area contributed by atoms with Crippen molar-refractivity contribution < 1.29 is 18.3 Å². The third-order valence-electron chi connectivity index (χ3n) is 4.17. The Labute approximate surface area is 130 Å². The van der Waals surface area contributed by atoms with Gasteiger partial charge in [-0.25, -0.2) is 8.78 Å². The van der Waals surface area contributed by atoms with E-state index in [-0.39, 0.29) is 12.3 Å². The number of piperidine rings is 1. The second-order valence-corrected chi connectivity index (χ2v) is 5.91. The summed E-state index contributed by atoms with van der Waals surface area (Å²) < 4.78 is 31.2. The van der Waals surface area contributed by atoms with Crippen LogP contribution >= 0.6 is 0 Å². The molecule has 1 aliphatic rings. The average molecular weight is 311 g/mol. The summed E-state index contributed by atoms with van der Waals surface area (Å²) >= 11 is 0. The standard InChI is InChI=1S/C17H23F2NO2/c1-22-9-3-5-13-4-2-8-20(12-13)17(21)11-14-6-7-15(18)16(19)10-14/h6-7,10,13H,2-5,8-9,11-12H2,1H3. The van der Waals surface area contributed by atoms with Crippen molar-refractivity contribution in [2.75, 3.05) is 26.8 Å². The first-order valence-electron chi connectivity index (χ1n) is 7.80. The molecule has 0 aliphatic carbocycles. The Morgan fingerprint density at radius 1 is 1.36 bits per heavy atom. The summed E-state index contributed by atoms with van der Waals surface area (Å²) in [6.45, 7) is 2.26. The first-order chi connectivity index (χ1) is 10.6. The molecule has 1 aromatic rings. The largest absolute Gasteiger partial charge is 0.385 e. The molecule has 1 saturated heterocycles. The highest BCUT2D eigenvalue weighted by molar-refractivity contribution is 5.78. The van der Waals surface area contributed by atoms with Crippen LogP contribution in [0.1, 0.15) is 31.2 Å². The zero-order valence-corrected chi connectivity index (χ0v) is 13.0. The zero-order chi connectivity index (χ0) is 15.9. The molecule has 2 rings (SSSR count). The van der Waals surface area contributed by atoms with Crippen LogP contribution in [0.15, 0.2) is 18.2 Å². The van der Waals surface area contributed by atoms with Gasteiger partial charge in [-0.05, 0) is 49.3 Å². The highest BCUT2D eigenvalue weighted by Gasteiger charge is 2.23. The number of amides is 1. The van der Waals surface area contributed by atoms with Gasteiger partial charge >= 0.3 is 0 Å². The quantitative estimate of drug-likeness (QED) is 0.755. The lowest BCUT2D eigenvalue weighted by molar-refractivity contribution is -0.132. The number of carbonyl (C=O) groups is 1. The lowest BCUT2D eigenvalue weighted by Gasteiger charge is -2.33. The maximum Gasteiger partial charge on any atom is 0.227 e. The maximum atomic E-state index is 13.2. The molecule has 1 atom stereocenters. The lowest BCUT2D eigenvalue weighted by Crippen LogP contribution is -2.40. The molecule has 1 aliphatic heterocycles. The van der Waals surface area contributed by atoms with Crippen LogP contribution in [-0.4, -0.2) is 37.6 Å². The topological polar surface area (TPSA) is 29.5 Å². The van der Waals surface area contributed by atoms with E-state index in [1.165, 1.54) is 6.07 Å². The van der Waals surface area contributed by atoms with Crippen molar-refractivity contribution in [1.29, 1.82) is 0 Å². The fraction of sp³-hybridized carbons (Fsp3) is 0.588. The Balaban J connectivity index is 1.87. The number of methoxy groups -OCH3 is 1. The van der Waals surface area contributed by atoms with Crippen molar-refractivity contribution in [3.63, 3.8) is 0 Å². The Hall–Kier alpha value is -1.49. The van der Waals surface area contributed by atoms with Gasteiger partial charge in [-0.15, -0.1) is 0 Å². The summed E-state index contributed by atoms with van der Waals surface area (Å²) in [5, 5.41) is 0. The van der Waals surface area contributed by atoms with Gasteiger partial charge in [-0.2, -0.15) is 0 Å². The molecule has 0 spiro atoms. The molecule has 22 heavy (non-hydrogen) atoms. The van der Waals surface area contributed by atoms with E-state index in [2.05, 4.69) is 0 Å². The molecule has 0 N–H and O–H groups in total. The molecule has 122 valence electrons. The molecule has 1 amide bonds. The second kappa shape index (κ2) is 8.22. The predicted molar refractivity (Wildman–Crippen MR) is 80.5 cm³/mol. The van der Waals surface area contributed by atoms with E-state index in [1.54, 1.807) is 7.11 Å². The monoisotopic (exact) mass is 311 g/mol. The van der Waals surface area contributed by atoms with Crippen molar-refractivity contribution in [2.24, 2.45) is 5.92 Å². The Bertz CT molecular complexity index is 507. The van der Waals surface area contributed by atoms with E-state index in [0.29, 0.717) is 11.5 Å². The molecule has 3 nitrogen and oxygen atoms in total. The van der Waals surface area contributed by atoms with Crippen LogP contribution in [0.4, 0.5) is 8.78 Å². The fourth-order valence-electron chi connectivity index (χ4n) is 2.98. The zero-order valence-electron chi connectivity index (χ0n) is 13.0. The van der Waals surface area contributed by atoms with Crippen LogP contribution in [0.5, 0.6) is 0 Å². The van der Waals surface area contributed by atoms with Gasteiger partial charge in [0.25, 0.3) is 0 Å². The number of nitrogens with zero attached hydrogens (tertiary/aromatic N) is 1. The minimum atomic E-state index is -0.901. The van der Waals surface area contributed by atoms with Gasteiger partial charge in [0.1, 0.15) is 0 Å². The number of likely N-dealkylation sites (tertiary alicyclic amines) is 1. The number of ether oxygens (including phenoxy) is 1. The Kier molecular flexibility index (Phi) is 6.31. The second-order valence-electron chi connectivity index (χ2n) is 5.91. The number of benzene rings is 1. The van der Waals surface area contributed by atoms with Gasteiger partial charge in [-0.3, -0.25) is 4.79 Å². The summed E-state index contributed by atoms with van der Waals surface area (Å²) in [5.74, 6) is -1.28. The van der Waals surface area contributed by atoms with E-state index in [0.717, 1.165) is 57.5 Å². The van der Waals surface area contributed by atoms with E-state index in [9.17, 15) is 13.6 Å². The smallest absolute Gasteiger partial charge is 0.227 e. The van der Waals surface area contributed by atoms with Gasteiger partial charge in [-0.1, -0.05) is 6.07 Å². The summed E-state index contributed by atoms with van der Waals surface area (Å²) in [5.41, 5.74) is 0.519. The van der Waals surface area contributed by atoms with Gasteiger partial charge in [0, 0.05) is 26.8 Å². The van der Waals surface area contributed by atoms with Gasteiger partial charge in [0.2, 0.25) is 5.91 Å². The highest BCUT2D eigenvalue weighted by atomic mass is 19.2. The molecule has 0 bridgehead atoms. The van der Waals surface area contributed by atoms with Crippen LogP contribution in [0.25, 0.3) is 0 Å². The average Bonchev–Trinajstić information content (AvgIpc) is 2.51. The number of hydrogen-bond donors (Lipinski definition) is 0. The predicted octanol–water partition coefficient (Wildman–Crippen LogP) is 3.17. The summed E-state index contributed by atoms with van der Waals surface area (Å²) in [6, 6.07) is 3.64. The van der Waals surface area contributed by atoms with Crippen molar-refractivity contribution in [2.45, 2.75) is 32.1 Å². The molecule has 0 aromatic heterocycles. The number of rotatable bonds is 6. The third-order valence-corrected chi connectivity index (χ3v) is 4.17. The van der Waals surface area contributed by atoms with Crippen LogP contribution in [0.2, 0.25) is 0 Å². The molecule has 1 unspecified atom stereocenters. The van der Waals surface area contributed by atoms with Crippen LogP contribution in [0, 0.1) is 17.6 Å². The van der Waals surface area contributed by atoms with Crippen LogP contribution in [-0.2, 0) is 16.0 Å². The SMILES string of the molecule is COCCCC1CCCN(C(=O)Cc2ccc(F)c(F)c2)C1. The summed E-state index contributed by atoms with van der Waals surface area (Å²) in [6.07, 6.45) is 4.33. The van der Waals surface area contributed by atoms with Gasteiger partial charge in [0.05, 0.1) is 6.42 Å². The normalized spacial score (nSPS) is 18.5. The minimum absolute atomic E-state index is 0.0116. The molecule has 0 saturated carbocycles. The van der Waals surface area contributed by atoms with Crippen molar-refractivity contribution in [3.8, 4) is 0 Å². The molecule has 5 heteroatoms. The Morgan fingerprint density at radius 3 is 2.91 bits per heavy atom. The van der Waals surface area contributed by atoms with E-state index in [4.69, 9.17) is 4.74 Å². The fourth-order valence-corrected chi connectivity index (χ4v) is 2.98. The van der Waals surface area contributed by atoms with Gasteiger partial charge < -0.3 is 9.64 Å². The number of carbonyl (C=O) groups excluding carboxylic acids is 1. The van der Waals surface area contributed by atoms with Gasteiger partial charge in [0.15, 0.2) is 11.6 Å². The van der Waals surface area contributed by atoms with Crippen LogP contribution < -0.4 is 0 Å². The van der Waals surface area contributed by atoms with Crippen LogP contribution in [0.3, 0.4) is 0 Å². The van der Waals surface area contributed by atoms with Crippen molar-refractivity contribution in [3.05, 3.63) is 35.4 Å². The van der Waals surface area contributed by atoms with Crippen molar-refractivity contribution in [1.82, 2.24) is 4.90 Å². The summed E-state index contributed by atoms with van der Waals surface area (Å²) in [7, 11) is 1.69. The molecular weight excluding hydrogens is 288 g/mol. The van der Waals surface area contributed by atoms with Crippen molar-refractivity contribution >= 4 is 5.91 Å². The highest BCUT2D eigenvalue weighted by Crippen LogP contribution is 2.22. The first-order valence-corrected chi connectivity index (χ1v) is 7.80. The molecule has 1 fully saturated rings. The number of hydrogen-bond acceptors (Lipinski definition) is 2. The van der Waals surface area contributed by atoms with E-state index >= 15 is 0 Å². The molecule has 1 heterocycles. The third kappa shape index (κ3) is 4.77. The molecular formula is C17H23F2NO2. The first kappa shape index (κ1) is 16.9. The lowest BCUT2D eigenvalue weighted by atomic mass is 9.93. The molecule has 0 radical (unpaired) electrons. The van der Waals surface area contributed by atoms with E-state index in [1.807, 2.05) is 4.90 Å². The Morgan fingerprint density at radius 2 is 2.18 bits per heavy atom.